The molecular formula is C27H28ClN5O2. The molecule has 0 radical (unpaired) electrons. The van der Waals surface area contributed by atoms with Crippen LogP contribution < -0.4 is 10.2 Å². The van der Waals surface area contributed by atoms with Crippen LogP contribution in [-0.4, -0.2) is 53.1 Å². The highest BCUT2D eigenvalue weighted by Crippen LogP contribution is 2.30. The Labute approximate surface area is 210 Å². The van der Waals surface area contributed by atoms with E-state index in [-0.39, 0.29) is 17.7 Å². The minimum absolute atomic E-state index is 0.00287. The maximum absolute atomic E-state index is 12.8. The van der Waals surface area contributed by atoms with E-state index < -0.39 is 0 Å². The van der Waals surface area contributed by atoms with Gasteiger partial charge in [0.05, 0.1) is 16.5 Å². The number of nitrogens with one attached hydrogen (secondary N) is 1. The molecular weight excluding hydrogens is 462 g/mol. The number of piperidine rings is 1. The van der Waals surface area contributed by atoms with Gasteiger partial charge in [-0.3, -0.25) is 9.59 Å². The molecule has 5 rings (SSSR count). The third kappa shape index (κ3) is 5.30. The van der Waals surface area contributed by atoms with E-state index in [0.29, 0.717) is 36.1 Å². The Morgan fingerprint density at radius 3 is 2.40 bits per heavy atom. The molecule has 0 unspecified atom stereocenters. The standard InChI is InChI=1S/C27H28ClN5O2/c28-24-5-2-1-4-23(24)27(35)32-15-11-20(12-16-32)19-7-9-22(10-8-19)30-26(34)21-13-17-33(18-21)25-6-3-14-29-31-25/h1-10,14,20-21H,11-13,15-18H2,(H,30,34)/t21-/m0/s1. The van der Waals surface area contributed by atoms with Crippen molar-refractivity contribution < 1.29 is 9.59 Å². The van der Waals surface area contributed by atoms with Gasteiger partial charge in [-0.15, -0.1) is 5.10 Å². The molecule has 2 aliphatic rings. The second kappa shape index (κ2) is 10.4. The zero-order valence-corrected chi connectivity index (χ0v) is 20.2. The van der Waals surface area contributed by atoms with Gasteiger partial charge in [0.2, 0.25) is 5.91 Å². The molecule has 8 heteroatoms. The summed E-state index contributed by atoms with van der Waals surface area (Å²) in [4.78, 5) is 29.6. The summed E-state index contributed by atoms with van der Waals surface area (Å²) < 4.78 is 0. The first-order valence-corrected chi connectivity index (χ1v) is 12.4. The lowest BCUT2D eigenvalue weighted by Crippen LogP contribution is -2.38. The van der Waals surface area contributed by atoms with Crippen molar-refractivity contribution in [3.8, 4) is 0 Å². The number of halogens is 1. The van der Waals surface area contributed by atoms with Gasteiger partial charge < -0.3 is 15.1 Å². The molecule has 1 atom stereocenters. The van der Waals surface area contributed by atoms with Crippen molar-refractivity contribution in [1.82, 2.24) is 15.1 Å². The van der Waals surface area contributed by atoms with E-state index in [1.807, 2.05) is 41.3 Å². The van der Waals surface area contributed by atoms with Crippen LogP contribution in [0.25, 0.3) is 0 Å². The van der Waals surface area contributed by atoms with E-state index in [4.69, 9.17) is 11.6 Å². The Balaban J connectivity index is 1.13. The first-order chi connectivity index (χ1) is 17.1. The van der Waals surface area contributed by atoms with Crippen LogP contribution in [0.4, 0.5) is 11.5 Å². The van der Waals surface area contributed by atoms with Crippen molar-refractivity contribution >= 4 is 34.9 Å². The van der Waals surface area contributed by atoms with Crippen molar-refractivity contribution in [2.24, 2.45) is 5.92 Å². The topological polar surface area (TPSA) is 78.4 Å². The Bertz CT molecular complexity index is 1180. The molecule has 1 aromatic heterocycles. The van der Waals surface area contributed by atoms with Crippen molar-refractivity contribution in [3.05, 3.63) is 83.0 Å². The number of rotatable bonds is 5. The molecule has 1 N–H and O–H groups in total. The smallest absolute Gasteiger partial charge is 0.255 e. The number of carbonyl (C=O) groups is 2. The average Bonchev–Trinajstić information content (AvgIpc) is 3.41. The number of likely N-dealkylation sites (tertiary alicyclic amines) is 1. The Kier molecular flexibility index (Phi) is 6.95. The summed E-state index contributed by atoms with van der Waals surface area (Å²) in [5.74, 6) is 1.17. The minimum atomic E-state index is -0.0725. The van der Waals surface area contributed by atoms with Crippen LogP contribution in [0.15, 0.2) is 66.9 Å². The van der Waals surface area contributed by atoms with Gasteiger partial charge in [0, 0.05) is 38.1 Å². The lowest BCUT2D eigenvalue weighted by atomic mass is 9.89. The Morgan fingerprint density at radius 2 is 1.69 bits per heavy atom. The number of hydrogen-bond acceptors (Lipinski definition) is 5. The van der Waals surface area contributed by atoms with E-state index in [9.17, 15) is 9.59 Å². The van der Waals surface area contributed by atoms with Crippen LogP contribution in [0.5, 0.6) is 0 Å². The van der Waals surface area contributed by atoms with Crippen molar-refractivity contribution in [2.45, 2.75) is 25.2 Å². The van der Waals surface area contributed by atoms with Gasteiger partial charge >= 0.3 is 0 Å². The number of carbonyl (C=O) groups excluding carboxylic acids is 2. The first-order valence-electron chi connectivity index (χ1n) is 12.1. The molecule has 0 bridgehead atoms. The molecule has 3 aromatic rings. The Morgan fingerprint density at radius 1 is 0.914 bits per heavy atom. The quantitative estimate of drug-likeness (QED) is 0.566. The number of amides is 2. The highest BCUT2D eigenvalue weighted by atomic mass is 35.5. The normalized spacial score (nSPS) is 18.5. The third-order valence-corrected chi connectivity index (χ3v) is 7.31. The SMILES string of the molecule is O=C(Nc1ccc(C2CCN(C(=O)c3ccccc3Cl)CC2)cc1)[C@H]1CCN(c2cccnn2)C1. The largest absolute Gasteiger partial charge is 0.354 e. The number of anilines is 2. The van der Waals surface area contributed by atoms with Gasteiger partial charge in [-0.2, -0.15) is 5.10 Å². The van der Waals surface area contributed by atoms with E-state index in [1.165, 1.54) is 5.56 Å². The van der Waals surface area contributed by atoms with Gasteiger partial charge in [0.15, 0.2) is 5.82 Å². The highest BCUT2D eigenvalue weighted by molar-refractivity contribution is 6.33. The number of benzene rings is 2. The van der Waals surface area contributed by atoms with Crippen LogP contribution in [-0.2, 0) is 4.79 Å². The maximum atomic E-state index is 12.8. The Hall–Kier alpha value is -3.45. The summed E-state index contributed by atoms with van der Waals surface area (Å²) in [7, 11) is 0. The fourth-order valence-corrected chi connectivity index (χ4v) is 5.16. The molecule has 7 nitrogen and oxygen atoms in total. The van der Waals surface area contributed by atoms with E-state index in [1.54, 1.807) is 18.3 Å². The molecule has 35 heavy (non-hydrogen) atoms. The fraction of sp³-hybridized carbons (Fsp3) is 0.333. The van der Waals surface area contributed by atoms with Crippen LogP contribution in [0.1, 0.15) is 41.1 Å². The van der Waals surface area contributed by atoms with Crippen molar-refractivity contribution in [1.29, 1.82) is 0 Å². The minimum Gasteiger partial charge on any atom is -0.354 e. The van der Waals surface area contributed by atoms with E-state index in [0.717, 1.165) is 37.3 Å². The van der Waals surface area contributed by atoms with E-state index in [2.05, 4.69) is 32.5 Å². The maximum Gasteiger partial charge on any atom is 0.255 e. The zero-order chi connectivity index (χ0) is 24.2. The first kappa shape index (κ1) is 23.3. The van der Waals surface area contributed by atoms with Crippen molar-refractivity contribution in [2.75, 3.05) is 36.4 Å². The summed E-state index contributed by atoms with van der Waals surface area (Å²) in [5, 5.41) is 11.6. The summed E-state index contributed by atoms with van der Waals surface area (Å²) >= 11 is 6.21. The summed E-state index contributed by atoms with van der Waals surface area (Å²) in [6, 6.07) is 19.1. The lowest BCUT2D eigenvalue weighted by Gasteiger charge is -2.32. The molecule has 2 amide bonds. The molecule has 0 spiro atoms. The molecule has 0 aliphatic carbocycles. The third-order valence-electron chi connectivity index (χ3n) is 6.98. The van der Waals surface area contributed by atoms with Crippen LogP contribution in [0.2, 0.25) is 5.02 Å². The van der Waals surface area contributed by atoms with Crippen LogP contribution in [0, 0.1) is 5.92 Å². The lowest BCUT2D eigenvalue weighted by molar-refractivity contribution is -0.119. The van der Waals surface area contributed by atoms with E-state index >= 15 is 0 Å². The van der Waals surface area contributed by atoms with Crippen LogP contribution >= 0.6 is 11.6 Å². The van der Waals surface area contributed by atoms with Gasteiger partial charge in [-0.25, -0.2) is 0 Å². The molecule has 3 heterocycles. The average molecular weight is 490 g/mol. The predicted molar refractivity (Wildman–Crippen MR) is 137 cm³/mol. The molecule has 2 aliphatic heterocycles. The zero-order valence-electron chi connectivity index (χ0n) is 19.4. The van der Waals surface area contributed by atoms with Gasteiger partial charge in [-0.1, -0.05) is 35.9 Å². The summed E-state index contributed by atoms with van der Waals surface area (Å²) in [6.45, 7) is 2.86. The number of hydrogen-bond donors (Lipinski definition) is 1. The molecule has 0 saturated carbocycles. The fourth-order valence-electron chi connectivity index (χ4n) is 4.95. The highest BCUT2D eigenvalue weighted by Gasteiger charge is 2.29. The molecule has 2 saturated heterocycles. The summed E-state index contributed by atoms with van der Waals surface area (Å²) in [6.07, 6.45) is 4.26. The monoisotopic (exact) mass is 489 g/mol. The number of nitrogens with zero attached hydrogens (tertiary/aromatic N) is 4. The molecule has 2 fully saturated rings. The van der Waals surface area contributed by atoms with Gasteiger partial charge in [-0.05, 0) is 67.1 Å². The second-order valence-corrected chi connectivity index (χ2v) is 9.58. The molecule has 2 aromatic carbocycles. The van der Waals surface area contributed by atoms with Gasteiger partial charge in [0.1, 0.15) is 0 Å². The predicted octanol–water partition coefficient (Wildman–Crippen LogP) is 4.61. The summed E-state index contributed by atoms with van der Waals surface area (Å²) in [5.41, 5.74) is 2.61. The van der Waals surface area contributed by atoms with Crippen molar-refractivity contribution in [3.63, 3.8) is 0 Å². The van der Waals surface area contributed by atoms with Gasteiger partial charge in [0.25, 0.3) is 5.91 Å². The number of aromatic nitrogens is 2. The second-order valence-electron chi connectivity index (χ2n) is 9.17. The van der Waals surface area contributed by atoms with Crippen LogP contribution in [0.3, 0.4) is 0 Å². The molecule has 180 valence electrons.